The van der Waals surface area contributed by atoms with Gasteiger partial charge >= 0.3 is 5.97 Å². The van der Waals surface area contributed by atoms with Crippen LogP contribution in [-0.4, -0.2) is 29.6 Å². The molecule has 0 aliphatic rings. The van der Waals surface area contributed by atoms with Crippen LogP contribution in [0.4, 0.5) is 0 Å². The van der Waals surface area contributed by atoms with Gasteiger partial charge in [-0.05, 0) is 37.8 Å². The van der Waals surface area contributed by atoms with Crippen molar-refractivity contribution in [1.29, 1.82) is 0 Å². The van der Waals surface area contributed by atoms with Crippen LogP contribution in [0.1, 0.15) is 44.0 Å². The molecule has 1 aromatic carbocycles. The van der Waals surface area contributed by atoms with E-state index in [0.717, 1.165) is 12.8 Å². The highest BCUT2D eigenvalue weighted by atomic mass is 16.5. The quantitative estimate of drug-likeness (QED) is 0.772. The van der Waals surface area contributed by atoms with E-state index in [-0.39, 0.29) is 29.9 Å². The highest BCUT2D eigenvalue weighted by Gasteiger charge is 2.13. The first-order chi connectivity index (χ1) is 9.90. The second-order valence-corrected chi connectivity index (χ2v) is 5.53. The van der Waals surface area contributed by atoms with Crippen LogP contribution < -0.4 is 10.1 Å². The van der Waals surface area contributed by atoms with Crippen molar-refractivity contribution in [3.63, 3.8) is 0 Å². The Morgan fingerprint density at radius 2 is 1.86 bits per heavy atom. The molecular formula is C16H23NO4. The summed E-state index contributed by atoms with van der Waals surface area (Å²) in [6, 6.07) is 6.35. The van der Waals surface area contributed by atoms with Gasteiger partial charge in [-0.1, -0.05) is 26.0 Å². The molecule has 0 saturated heterocycles. The molecule has 5 heteroatoms. The topological polar surface area (TPSA) is 75.6 Å². The molecule has 0 heterocycles. The molecule has 0 aromatic heterocycles. The summed E-state index contributed by atoms with van der Waals surface area (Å²) < 4.78 is 5.29. The predicted molar refractivity (Wildman–Crippen MR) is 80.6 cm³/mol. The summed E-state index contributed by atoms with van der Waals surface area (Å²) in [6.07, 6.45) is 1.96. The Morgan fingerprint density at radius 3 is 2.48 bits per heavy atom. The zero-order valence-electron chi connectivity index (χ0n) is 12.8. The summed E-state index contributed by atoms with van der Waals surface area (Å²) in [7, 11) is 0. The van der Waals surface area contributed by atoms with Crippen molar-refractivity contribution in [2.45, 2.75) is 39.7 Å². The van der Waals surface area contributed by atoms with Crippen molar-refractivity contribution in [3.8, 4) is 5.75 Å². The van der Waals surface area contributed by atoms with Crippen LogP contribution in [0.5, 0.6) is 5.75 Å². The van der Waals surface area contributed by atoms with Gasteiger partial charge in [-0.15, -0.1) is 0 Å². The average Bonchev–Trinajstić information content (AvgIpc) is 2.43. The number of rotatable bonds is 8. The second kappa shape index (κ2) is 8.29. The second-order valence-electron chi connectivity index (χ2n) is 5.53. The molecule has 0 radical (unpaired) electrons. The summed E-state index contributed by atoms with van der Waals surface area (Å²) in [5.41, 5.74) is 0.0538. The number of amides is 1. The largest absolute Gasteiger partial charge is 0.483 e. The van der Waals surface area contributed by atoms with E-state index in [9.17, 15) is 9.59 Å². The standard InChI is InChI=1S/C16H23NO4/c1-11(2)8-9-12(3)17-15(18)10-21-14-7-5-4-6-13(14)16(19)20/h4-7,11-12H,8-10H2,1-3H3,(H,17,18)(H,19,20). The van der Waals surface area contributed by atoms with Gasteiger partial charge in [-0.25, -0.2) is 4.79 Å². The molecule has 1 rings (SSSR count). The zero-order valence-corrected chi connectivity index (χ0v) is 12.8. The van der Waals surface area contributed by atoms with E-state index < -0.39 is 5.97 Å². The van der Waals surface area contributed by atoms with Gasteiger partial charge in [0, 0.05) is 6.04 Å². The van der Waals surface area contributed by atoms with Gasteiger partial charge in [0.1, 0.15) is 11.3 Å². The van der Waals surface area contributed by atoms with Gasteiger partial charge in [-0.3, -0.25) is 4.79 Å². The van der Waals surface area contributed by atoms with Crippen LogP contribution in [0.3, 0.4) is 0 Å². The predicted octanol–water partition coefficient (Wildman–Crippen LogP) is 2.70. The fraction of sp³-hybridized carbons (Fsp3) is 0.500. The summed E-state index contributed by atoms with van der Waals surface area (Å²) in [4.78, 5) is 22.8. The number of carboxylic acid groups (broad SMARTS) is 1. The highest BCUT2D eigenvalue weighted by Crippen LogP contribution is 2.17. The fourth-order valence-electron chi connectivity index (χ4n) is 1.88. The molecule has 5 nitrogen and oxygen atoms in total. The first-order valence-corrected chi connectivity index (χ1v) is 7.14. The van der Waals surface area contributed by atoms with Crippen LogP contribution in [0.15, 0.2) is 24.3 Å². The van der Waals surface area contributed by atoms with Gasteiger partial charge in [0.15, 0.2) is 6.61 Å². The van der Waals surface area contributed by atoms with E-state index in [4.69, 9.17) is 9.84 Å². The third-order valence-corrected chi connectivity index (χ3v) is 3.06. The summed E-state index contributed by atoms with van der Waals surface area (Å²) in [5.74, 6) is -0.513. The third-order valence-electron chi connectivity index (χ3n) is 3.06. The Morgan fingerprint density at radius 1 is 1.19 bits per heavy atom. The molecule has 0 aliphatic carbocycles. The lowest BCUT2D eigenvalue weighted by Crippen LogP contribution is -2.36. The molecule has 0 aliphatic heterocycles. The Balaban J connectivity index is 2.45. The minimum Gasteiger partial charge on any atom is -0.483 e. The molecule has 1 unspecified atom stereocenters. The number of para-hydroxylation sites is 1. The number of carboxylic acids is 1. The maximum absolute atomic E-state index is 11.8. The van der Waals surface area contributed by atoms with Crippen LogP contribution in [0.25, 0.3) is 0 Å². The van der Waals surface area contributed by atoms with Gasteiger partial charge < -0.3 is 15.2 Å². The third kappa shape index (κ3) is 6.29. The van der Waals surface area contributed by atoms with Gasteiger partial charge in [0.2, 0.25) is 0 Å². The minimum absolute atomic E-state index is 0.0538. The van der Waals surface area contributed by atoms with Crippen molar-refractivity contribution < 1.29 is 19.4 Å². The van der Waals surface area contributed by atoms with Crippen LogP contribution in [0.2, 0.25) is 0 Å². The fourth-order valence-corrected chi connectivity index (χ4v) is 1.88. The van der Waals surface area contributed by atoms with Crippen molar-refractivity contribution in [2.24, 2.45) is 5.92 Å². The molecule has 1 atom stereocenters. The average molecular weight is 293 g/mol. The maximum atomic E-state index is 11.8. The van der Waals surface area contributed by atoms with E-state index in [2.05, 4.69) is 19.2 Å². The Labute approximate surface area is 125 Å². The molecule has 116 valence electrons. The van der Waals surface area contributed by atoms with E-state index in [0.29, 0.717) is 5.92 Å². The van der Waals surface area contributed by atoms with Crippen molar-refractivity contribution >= 4 is 11.9 Å². The molecule has 1 aromatic rings. The molecule has 1 amide bonds. The number of carbonyl (C=O) groups is 2. The first kappa shape index (κ1) is 17.0. The summed E-state index contributed by atoms with van der Waals surface area (Å²) >= 11 is 0. The molecular weight excluding hydrogens is 270 g/mol. The summed E-state index contributed by atoms with van der Waals surface area (Å²) in [5, 5.41) is 11.9. The summed E-state index contributed by atoms with van der Waals surface area (Å²) in [6.45, 7) is 6.04. The van der Waals surface area contributed by atoms with Gasteiger partial charge in [0.05, 0.1) is 0 Å². The highest BCUT2D eigenvalue weighted by molar-refractivity contribution is 5.91. The number of nitrogens with one attached hydrogen (secondary N) is 1. The molecule has 0 saturated carbocycles. The minimum atomic E-state index is -1.07. The Bertz CT molecular complexity index is 485. The SMILES string of the molecule is CC(C)CCC(C)NC(=O)COc1ccccc1C(=O)O. The normalized spacial score (nSPS) is 12.0. The Hall–Kier alpha value is -2.04. The Kier molecular flexibility index (Phi) is 6.72. The maximum Gasteiger partial charge on any atom is 0.339 e. The molecule has 0 fully saturated rings. The van der Waals surface area contributed by atoms with E-state index >= 15 is 0 Å². The molecule has 21 heavy (non-hydrogen) atoms. The number of hydrogen-bond donors (Lipinski definition) is 2. The van der Waals surface area contributed by atoms with E-state index in [1.807, 2.05) is 6.92 Å². The number of aromatic carboxylic acids is 1. The number of carbonyl (C=O) groups excluding carboxylic acids is 1. The van der Waals surface area contributed by atoms with Crippen LogP contribution in [0, 0.1) is 5.92 Å². The van der Waals surface area contributed by atoms with Gasteiger partial charge in [-0.2, -0.15) is 0 Å². The first-order valence-electron chi connectivity index (χ1n) is 7.14. The van der Waals surface area contributed by atoms with Crippen molar-refractivity contribution in [3.05, 3.63) is 29.8 Å². The lowest BCUT2D eigenvalue weighted by molar-refractivity contribution is -0.123. The molecule has 0 bridgehead atoms. The lowest BCUT2D eigenvalue weighted by atomic mass is 10.0. The molecule has 2 N–H and O–H groups in total. The zero-order chi connectivity index (χ0) is 15.8. The molecule has 0 spiro atoms. The number of hydrogen-bond acceptors (Lipinski definition) is 3. The number of benzene rings is 1. The van der Waals surface area contributed by atoms with Gasteiger partial charge in [0.25, 0.3) is 5.91 Å². The lowest BCUT2D eigenvalue weighted by Gasteiger charge is -2.15. The van der Waals surface area contributed by atoms with E-state index in [1.165, 1.54) is 6.07 Å². The van der Waals surface area contributed by atoms with Crippen LogP contribution >= 0.6 is 0 Å². The monoisotopic (exact) mass is 293 g/mol. The van der Waals surface area contributed by atoms with E-state index in [1.54, 1.807) is 18.2 Å². The smallest absolute Gasteiger partial charge is 0.339 e. The van der Waals surface area contributed by atoms with Crippen molar-refractivity contribution in [2.75, 3.05) is 6.61 Å². The number of ether oxygens (including phenoxy) is 1. The van der Waals surface area contributed by atoms with Crippen molar-refractivity contribution in [1.82, 2.24) is 5.32 Å². The van der Waals surface area contributed by atoms with Crippen LogP contribution in [-0.2, 0) is 4.79 Å².